The standard InChI is InChI=1S/C85H166O17P2/c1-7-9-11-13-15-17-19-21-22-23-24-25-26-27-28-31-39-45-51-57-63-69-84(89)101-81(74-96-83(88)68-62-56-50-44-38-32-29-30-35-41-47-53-59-65-77(3)4)76-100-104(93,94)98-72-79(86)71-97-103(91,92)99-75-80(73-95-82(87)67-61-55-49-43-37-20-18-16-14-12-10-8-2)102-85(90)70-64-58-52-46-40-34-33-36-42-48-54-60-66-78(5)6/h77-81,86H,7-76H2,1-6H3,(H,91,92)(H,93,94)/t79-,80+,81+/m0/s1. The van der Waals surface area contributed by atoms with Crippen molar-refractivity contribution in [3.05, 3.63) is 0 Å². The number of aliphatic hydroxyl groups excluding tert-OH is 1. The van der Waals surface area contributed by atoms with E-state index in [0.717, 1.165) is 102 Å². The number of rotatable bonds is 84. The van der Waals surface area contributed by atoms with Crippen LogP contribution in [-0.4, -0.2) is 96.7 Å². The Balaban J connectivity index is 5.25. The van der Waals surface area contributed by atoms with Gasteiger partial charge < -0.3 is 33.8 Å². The van der Waals surface area contributed by atoms with Gasteiger partial charge in [-0.1, -0.05) is 401 Å². The van der Waals surface area contributed by atoms with Gasteiger partial charge in [-0.25, -0.2) is 9.13 Å². The number of carbonyl (C=O) groups excluding carboxylic acids is 4. The van der Waals surface area contributed by atoms with E-state index < -0.39 is 97.5 Å². The minimum Gasteiger partial charge on any atom is -0.462 e. The third-order valence-electron chi connectivity index (χ3n) is 20.0. The van der Waals surface area contributed by atoms with Crippen molar-refractivity contribution in [1.29, 1.82) is 0 Å². The van der Waals surface area contributed by atoms with E-state index in [9.17, 15) is 43.2 Å². The van der Waals surface area contributed by atoms with Crippen molar-refractivity contribution in [2.75, 3.05) is 39.6 Å². The van der Waals surface area contributed by atoms with Crippen molar-refractivity contribution < 1.29 is 80.2 Å². The lowest BCUT2D eigenvalue weighted by molar-refractivity contribution is -0.161. The summed E-state index contributed by atoms with van der Waals surface area (Å²) < 4.78 is 68.9. The van der Waals surface area contributed by atoms with Gasteiger partial charge in [-0.05, 0) is 37.5 Å². The first-order valence-electron chi connectivity index (χ1n) is 44.0. The summed E-state index contributed by atoms with van der Waals surface area (Å²) in [5.74, 6) is -0.534. The first-order chi connectivity index (χ1) is 50.4. The number of aliphatic hydroxyl groups is 1. The van der Waals surface area contributed by atoms with Gasteiger partial charge in [0.2, 0.25) is 0 Å². The normalized spacial score (nSPS) is 13.8. The molecule has 0 aromatic rings. The number of phosphoric ester groups is 2. The molecule has 104 heavy (non-hydrogen) atoms. The predicted octanol–water partition coefficient (Wildman–Crippen LogP) is 25.8. The molecule has 0 radical (unpaired) electrons. The van der Waals surface area contributed by atoms with Crippen molar-refractivity contribution in [1.82, 2.24) is 0 Å². The topological polar surface area (TPSA) is 237 Å². The van der Waals surface area contributed by atoms with Gasteiger partial charge in [-0.2, -0.15) is 0 Å². The van der Waals surface area contributed by atoms with Crippen LogP contribution in [0.25, 0.3) is 0 Å². The summed E-state index contributed by atoms with van der Waals surface area (Å²) in [5.41, 5.74) is 0. The highest BCUT2D eigenvalue weighted by Gasteiger charge is 2.30. The highest BCUT2D eigenvalue weighted by molar-refractivity contribution is 7.47. The third kappa shape index (κ3) is 78.2. The zero-order valence-corrected chi connectivity index (χ0v) is 70.1. The van der Waals surface area contributed by atoms with Crippen molar-refractivity contribution in [2.45, 2.75) is 471 Å². The average Bonchev–Trinajstić information content (AvgIpc) is 0.904. The summed E-state index contributed by atoms with van der Waals surface area (Å²) >= 11 is 0. The maximum Gasteiger partial charge on any atom is 0.472 e. The molecule has 618 valence electrons. The molecule has 2 unspecified atom stereocenters. The minimum absolute atomic E-state index is 0.107. The second-order valence-corrected chi connectivity index (χ2v) is 34.4. The van der Waals surface area contributed by atoms with Crippen LogP contribution in [0.1, 0.15) is 452 Å². The van der Waals surface area contributed by atoms with Gasteiger partial charge in [-0.15, -0.1) is 0 Å². The summed E-state index contributed by atoms with van der Waals surface area (Å²) in [4.78, 5) is 73.2. The first kappa shape index (κ1) is 102. The Labute approximate surface area is 638 Å². The molecule has 5 atom stereocenters. The number of esters is 4. The molecule has 0 heterocycles. The van der Waals surface area contributed by atoms with Gasteiger partial charge >= 0.3 is 39.5 Å². The van der Waals surface area contributed by atoms with Crippen LogP contribution in [0, 0.1) is 11.8 Å². The summed E-state index contributed by atoms with van der Waals surface area (Å²) in [6.45, 7) is 9.69. The number of hydrogen-bond acceptors (Lipinski definition) is 15. The van der Waals surface area contributed by atoms with Gasteiger partial charge in [-0.3, -0.25) is 37.3 Å². The van der Waals surface area contributed by atoms with E-state index in [-0.39, 0.29) is 25.7 Å². The fourth-order valence-electron chi connectivity index (χ4n) is 13.2. The molecule has 19 heteroatoms. The molecule has 0 aliphatic heterocycles. The maximum absolute atomic E-state index is 13.1. The molecule has 17 nitrogen and oxygen atoms in total. The smallest absolute Gasteiger partial charge is 0.462 e. The fourth-order valence-corrected chi connectivity index (χ4v) is 14.8. The zero-order valence-electron chi connectivity index (χ0n) is 68.3. The summed E-state index contributed by atoms with van der Waals surface area (Å²) in [6, 6.07) is 0. The van der Waals surface area contributed by atoms with Crippen molar-refractivity contribution in [3.8, 4) is 0 Å². The highest BCUT2D eigenvalue weighted by atomic mass is 31.2. The molecule has 0 aromatic carbocycles. The molecule has 0 aliphatic carbocycles. The SMILES string of the molecule is CCCCCCCCCCCCCCCCCCCCCCCC(=O)O[C@H](COC(=O)CCCCCCCCCCCCCCCC(C)C)COP(=O)(O)OC[C@@H](O)COP(=O)(O)OC[C@@H](COC(=O)CCCCCCCCCCCCCC)OC(=O)CCCCCCCCCCCCCCC(C)C. The van der Waals surface area contributed by atoms with Gasteiger partial charge in [0.05, 0.1) is 26.4 Å². The predicted molar refractivity (Wildman–Crippen MR) is 428 cm³/mol. The van der Waals surface area contributed by atoms with E-state index >= 15 is 0 Å². The van der Waals surface area contributed by atoms with Gasteiger partial charge in [0.1, 0.15) is 19.3 Å². The molecule has 0 saturated heterocycles. The van der Waals surface area contributed by atoms with Crippen molar-refractivity contribution in [3.63, 3.8) is 0 Å². The first-order valence-corrected chi connectivity index (χ1v) is 47.0. The summed E-state index contributed by atoms with van der Waals surface area (Å²) in [7, 11) is -9.93. The molecule has 0 saturated carbocycles. The number of ether oxygens (including phenoxy) is 4. The fraction of sp³-hybridized carbons (Fsp3) is 0.953. The molecular weight excluding hydrogens is 1350 g/mol. The second-order valence-electron chi connectivity index (χ2n) is 31.5. The van der Waals surface area contributed by atoms with Crippen LogP contribution in [0.4, 0.5) is 0 Å². The average molecular weight is 1520 g/mol. The molecule has 3 N–H and O–H groups in total. The van der Waals surface area contributed by atoms with E-state index in [2.05, 4.69) is 41.5 Å². The lowest BCUT2D eigenvalue weighted by Crippen LogP contribution is -2.30. The molecule has 0 fully saturated rings. The molecule has 0 aliphatic rings. The van der Waals surface area contributed by atoms with E-state index in [1.165, 1.54) is 270 Å². The Hall–Kier alpha value is -1.94. The lowest BCUT2D eigenvalue weighted by atomic mass is 10.0. The van der Waals surface area contributed by atoms with E-state index in [0.29, 0.717) is 25.7 Å². The Kier molecular flexibility index (Phi) is 75.0. The van der Waals surface area contributed by atoms with Gasteiger partial charge in [0.15, 0.2) is 12.2 Å². The van der Waals surface area contributed by atoms with Crippen LogP contribution in [0.15, 0.2) is 0 Å². The Morgan fingerprint density at radius 2 is 0.442 bits per heavy atom. The van der Waals surface area contributed by atoms with E-state index in [1.54, 1.807) is 0 Å². The quantitative estimate of drug-likeness (QED) is 0.0222. The van der Waals surface area contributed by atoms with Crippen molar-refractivity contribution in [2.24, 2.45) is 11.8 Å². The minimum atomic E-state index is -4.97. The lowest BCUT2D eigenvalue weighted by Gasteiger charge is -2.21. The summed E-state index contributed by atoms with van der Waals surface area (Å²) in [6.07, 6.45) is 68.0. The van der Waals surface area contributed by atoms with Crippen LogP contribution in [0.2, 0.25) is 0 Å². The monoisotopic (exact) mass is 1520 g/mol. The van der Waals surface area contributed by atoms with Gasteiger partial charge in [0, 0.05) is 25.7 Å². The number of carbonyl (C=O) groups is 4. The molecule has 0 spiro atoms. The zero-order chi connectivity index (χ0) is 76.4. The van der Waals surface area contributed by atoms with Crippen LogP contribution in [0.5, 0.6) is 0 Å². The molecule has 0 rings (SSSR count). The van der Waals surface area contributed by atoms with Crippen molar-refractivity contribution >= 4 is 39.5 Å². The van der Waals surface area contributed by atoms with E-state index in [4.69, 9.17) is 37.0 Å². The molecule has 0 amide bonds. The molecular formula is C85H166O17P2. The number of unbranched alkanes of at least 4 members (excludes halogenated alkanes) is 54. The Morgan fingerprint density at radius 1 is 0.260 bits per heavy atom. The second kappa shape index (κ2) is 76.4. The number of hydrogen-bond donors (Lipinski definition) is 3. The van der Waals surface area contributed by atoms with E-state index in [1.807, 2.05) is 0 Å². The Morgan fingerprint density at radius 3 is 0.654 bits per heavy atom. The number of phosphoric acid groups is 2. The summed E-state index contributed by atoms with van der Waals surface area (Å²) in [5, 5.41) is 10.7. The third-order valence-corrected chi connectivity index (χ3v) is 21.9. The highest BCUT2D eigenvalue weighted by Crippen LogP contribution is 2.45. The van der Waals surface area contributed by atoms with Crippen LogP contribution in [0.3, 0.4) is 0 Å². The molecule has 0 aromatic heterocycles. The molecule has 0 bridgehead atoms. The Bertz CT molecular complexity index is 1990. The van der Waals surface area contributed by atoms with Crippen LogP contribution < -0.4 is 0 Å². The maximum atomic E-state index is 13.1. The van der Waals surface area contributed by atoms with Crippen LogP contribution in [-0.2, 0) is 65.4 Å². The van der Waals surface area contributed by atoms with Gasteiger partial charge in [0.25, 0.3) is 0 Å². The largest absolute Gasteiger partial charge is 0.472 e. The van der Waals surface area contributed by atoms with Crippen LogP contribution >= 0.6 is 15.6 Å².